The van der Waals surface area contributed by atoms with Crippen LogP contribution in [0.5, 0.6) is 0 Å². The molecule has 0 saturated carbocycles. The van der Waals surface area contributed by atoms with E-state index in [1.165, 1.54) is 11.8 Å². The molecule has 0 aliphatic carbocycles. The lowest BCUT2D eigenvalue weighted by atomic mass is 10.3. The van der Waals surface area contributed by atoms with E-state index in [2.05, 4.69) is 5.32 Å². The Bertz CT molecular complexity index is 371. The van der Waals surface area contributed by atoms with Crippen LogP contribution in [0.4, 0.5) is 5.69 Å². The molecule has 0 aliphatic heterocycles. The number of nitrogens with two attached hydrogens (primary N) is 1. The lowest BCUT2D eigenvalue weighted by Crippen LogP contribution is -2.21. The van der Waals surface area contributed by atoms with E-state index < -0.39 is 0 Å². The number of hydrogen-bond donors (Lipinski definition) is 2. The largest absolute Gasteiger partial charge is 0.383 e. The number of hydrogen-bond acceptors (Lipinski definition) is 4. The van der Waals surface area contributed by atoms with E-state index in [4.69, 9.17) is 10.5 Å². The zero-order chi connectivity index (χ0) is 12.7. The fourth-order valence-electron chi connectivity index (χ4n) is 1.42. The second-order valence-electron chi connectivity index (χ2n) is 3.75. The Labute approximate surface area is 106 Å². The van der Waals surface area contributed by atoms with Gasteiger partial charge in [-0.15, -0.1) is 11.8 Å². The number of para-hydroxylation sites is 1. The molecule has 5 heteroatoms. The molecule has 0 saturated heterocycles. The first-order chi connectivity index (χ1) is 8.13. The van der Waals surface area contributed by atoms with Crippen molar-refractivity contribution in [2.45, 2.75) is 17.9 Å². The summed E-state index contributed by atoms with van der Waals surface area (Å²) in [6.45, 7) is 2.67. The number of nitrogens with one attached hydrogen (secondary N) is 1. The highest BCUT2D eigenvalue weighted by molar-refractivity contribution is 8.00. The van der Waals surface area contributed by atoms with Crippen molar-refractivity contribution in [1.82, 2.24) is 0 Å². The maximum atomic E-state index is 10.8. The minimum atomic E-state index is -0.310. The number of amides is 1. The molecule has 0 heterocycles. The predicted octanol–water partition coefficient (Wildman–Crippen LogP) is 1.71. The average Bonchev–Trinajstić information content (AvgIpc) is 2.28. The van der Waals surface area contributed by atoms with E-state index in [0.29, 0.717) is 6.61 Å². The fraction of sp³-hybridized carbons (Fsp3) is 0.417. The zero-order valence-electron chi connectivity index (χ0n) is 10.1. The van der Waals surface area contributed by atoms with Crippen LogP contribution in [-0.4, -0.2) is 31.4 Å². The zero-order valence-corrected chi connectivity index (χ0v) is 10.9. The van der Waals surface area contributed by atoms with Crippen LogP contribution < -0.4 is 11.1 Å². The SMILES string of the molecule is COCC(C)Nc1ccccc1SCC(N)=O. The number of primary amides is 1. The Kier molecular flexibility index (Phi) is 5.86. The molecule has 1 amide bonds. The van der Waals surface area contributed by atoms with Gasteiger partial charge in [-0.1, -0.05) is 12.1 Å². The van der Waals surface area contributed by atoms with Crippen molar-refractivity contribution >= 4 is 23.4 Å². The van der Waals surface area contributed by atoms with E-state index >= 15 is 0 Å². The Morgan fingerprint density at radius 3 is 2.88 bits per heavy atom. The Morgan fingerprint density at radius 2 is 2.24 bits per heavy atom. The van der Waals surface area contributed by atoms with Crippen molar-refractivity contribution in [3.63, 3.8) is 0 Å². The maximum absolute atomic E-state index is 10.8. The van der Waals surface area contributed by atoms with Crippen LogP contribution >= 0.6 is 11.8 Å². The number of methoxy groups -OCH3 is 1. The van der Waals surface area contributed by atoms with Crippen LogP contribution in [0.2, 0.25) is 0 Å². The summed E-state index contributed by atoms with van der Waals surface area (Å²) in [5, 5.41) is 3.34. The van der Waals surface area contributed by atoms with E-state index in [1.54, 1.807) is 7.11 Å². The van der Waals surface area contributed by atoms with Gasteiger partial charge in [-0.3, -0.25) is 4.79 Å². The number of carbonyl (C=O) groups excluding carboxylic acids is 1. The topological polar surface area (TPSA) is 64.3 Å². The lowest BCUT2D eigenvalue weighted by molar-refractivity contribution is -0.115. The standard InChI is InChI=1S/C12H18N2O2S/c1-9(7-16-2)14-10-5-3-4-6-11(10)17-8-12(13)15/h3-6,9,14H,7-8H2,1-2H3,(H2,13,15). The molecule has 0 radical (unpaired) electrons. The number of anilines is 1. The summed E-state index contributed by atoms with van der Waals surface area (Å²) >= 11 is 1.44. The van der Waals surface area contributed by atoms with Crippen molar-refractivity contribution in [2.24, 2.45) is 5.73 Å². The first-order valence-electron chi connectivity index (χ1n) is 5.39. The molecule has 0 aromatic heterocycles. The van der Waals surface area contributed by atoms with Gasteiger partial charge in [-0.25, -0.2) is 0 Å². The highest BCUT2D eigenvalue weighted by Gasteiger charge is 2.07. The van der Waals surface area contributed by atoms with Crippen LogP contribution in [0.1, 0.15) is 6.92 Å². The van der Waals surface area contributed by atoms with E-state index in [0.717, 1.165) is 10.6 Å². The minimum Gasteiger partial charge on any atom is -0.383 e. The quantitative estimate of drug-likeness (QED) is 0.727. The molecule has 1 atom stereocenters. The Morgan fingerprint density at radius 1 is 1.53 bits per heavy atom. The van der Waals surface area contributed by atoms with Crippen LogP contribution in [0.15, 0.2) is 29.2 Å². The molecule has 0 fully saturated rings. The highest BCUT2D eigenvalue weighted by Crippen LogP contribution is 2.27. The fourth-order valence-corrected chi connectivity index (χ4v) is 2.17. The maximum Gasteiger partial charge on any atom is 0.227 e. The number of ether oxygens (including phenoxy) is 1. The normalized spacial score (nSPS) is 12.1. The summed E-state index contributed by atoms with van der Waals surface area (Å²) in [5.74, 6) is -0.0214. The van der Waals surface area contributed by atoms with Crippen molar-refractivity contribution in [3.8, 4) is 0 Å². The molecule has 4 nitrogen and oxygen atoms in total. The van der Waals surface area contributed by atoms with Crippen molar-refractivity contribution in [2.75, 3.05) is 24.8 Å². The van der Waals surface area contributed by atoms with Gasteiger partial charge in [0.1, 0.15) is 0 Å². The number of thioether (sulfide) groups is 1. The predicted molar refractivity (Wildman–Crippen MR) is 71.3 cm³/mol. The average molecular weight is 254 g/mol. The summed E-state index contributed by atoms with van der Waals surface area (Å²) < 4.78 is 5.07. The van der Waals surface area contributed by atoms with Gasteiger partial charge in [0.25, 0.3) is 0 Å². The smallest absolute Gasteiger partial charge is 0.227 e. The van der Waals surface area contributed by atoms with Gasteiger partial charge in [-0.05, 0) is 19.1 Å². The molecular formula is C12H18N2O2S. The highest BCUT2D eigenvalue weighted by atomic mass is 32.2. The second kappa shape index (κ2) is 7.19. The van der Waals surface area contributed by atoms with Gasteiger partial charge < -0.3 is 15.8 Å². The second-order valence-corrected chi connectivity index (χ2v) is 4.77. The Balaban J connectivity index is 2.66. The Hall–Kier alpha value is -1.20. The number of benzene rings is 1. The first-order valence-corrected chi connectivity index (χ1v) is 6.37. The van der Waals surface area contributed by atoms with Gasteiger partial charge in [0.2, 0.25) is 5.91 Å². The molecule has 0 aliphatic rings. The van der Waals surface area contributed by atoms with Gasteiger partial charge >= 0.3 is 0 Å². The molecular weight excluding hydrogens is 236 g/mol. The monoisotopic (exact) mass is 254 g/mol. The molecule has 1 unspecified atom stereocenters. The van der Waals surface area contributed by atoms with Crippen LogP contribution in [0.25, 0.3) is 0 Å². The summed E-state index contributed by atoms with van der Waals surface area (Å²) in [6.07, 6.45) is 0. The summed E-state index contributed by atoms with van der Waals surface area (Å²) in [5.41, 5.74) is 6.14. The lowest BCUT2D eigenvalue weighted by Gasteiger charge is -2.16. The molecule has 17 heavy (non-hydrogen) atoms. The molecule has 1 rings (SSSR count). The molecule has 94 valence electrons. The minimum absolute atomic E-state index is 0.218. The summed E-state index contributed by atoms with van der Waals surface area (Å²) in [7, 11) is 1.67. The van der Waals surface area contributed by atoms with Gasteiger partial charge in [-0.2, -0.15) is 0 Å². The molecule has 3 N–H and O–H groups in total. The first kappa shape index (κ1) is 13.9. The van der Waals surface area contributed by atoms with Gasteiger partial charge in [0.05, 0.1) is 12.4 Å². The third-order valence-corrected chi connectivity index (χ3v) is 3.17. The van der Waals surface area contributed by atoms with Crippen molar-refractivity contribution in [3.05, 3.63) is 24.3 Å². The molecule has 1 aromatic carbocycles. The number of rotatable bonds is 7. The van der Waals surface area contributed by atoms with E-state index in [1.807, 2.05) is 31.2 Å². The summed E-state index contributed by atoms with van der Waals surface area (Å²) in [4.78, 5) is 11.8. The third kappa shape index (κ3) is 5.10. The van der Waals surface area contributed by atoms with Gasteiger partial charge in [0, 0.05) is 23.7 Å². The molecule has 0 spiro atoms. The number of carbonyl (C=O) groups is 1. The third-order valence-electron chi connectivity index (χ3n) is 2.08. The summed E-state index contributed by atoms with van der Waals surface area (Å²) in [6, 6.07) is 8.06. The van der Waals surface area contributed by atoms with Crippen LogP contribution in [0.3, 0.4) is 0 Å². The van der Waals surface area contributed by atoms with E-state index in [-0.39, 0.29) is 17.7 Å². The van der Waals surface area contributed by atoms with Crippen LogP contribution in [-0.2, 0) is 9.53 Å². The van der Waals surface area contributed by atoms with Crippen molar-refractivity contribution < 1.29 is 9.53 Å². The van der Waals surface area contributed by atoms with Gasteiger partial charge in [0.15, 0.2) is 0 Å². The van der Waals surface area contributed by atoms with Crippen LogP contribution in [0, 0.1) is 0 Å². The van der Waals surface area contributed by atoms with Crippen molar-refractivity contribution in [1.29, 1.82) is 0 Å². The van der Waals surface area contributed by atoms with E-state index in [9.17, 15) is 4.79 Å². The molecule has 0 bridgehead atoms. The molecule has 1 aromatic rings.